The number of amides is 13. The van der Waals surface area contributed by atoms with E-state index in [1.165, 1.54) is 19.4 Å². The van der Waals surface area contributed by atoms with E-state index >= 15 is 0 Å². The summed E-state index contributed by atoms with van der Waals surface area (Å²) >= 11 is 0. The quantitative estimate of drug-likeness (QED) is 0.0167. The Labute approximate surface area is 754 Å². The number of aliphatic hydroxyl groups is 1. The molecule has 40 nitrogen and oxygen atoms in total. The number of fused-ring (bicyclic) bond motifs is 16. The van der Waals surface area contributed by atoms with Crippen LogP contribution in [0.1, 0.15) is 130 Å². The Morgan fingerprint density at radius 1 is 0.520 bits per heavy atom. The molecule has 2 bridgehead atoms. The average molecular weight is 1830 g/mol. The Morgan fingerprint density at radius 2 is 1.07 bits per heavy atom. The van der Waals surface area contributed by atoms with Crippen molar-refractivity contribution in [1.29, 1.82) is 0 Å². The number of carbonyl (C=O) groups is 13. The van der Waals surface area contributed by atoms with Crippen molar-refractivity contribution in [2.75, 3.05) is 144 Å². The normalized spacial score (nSPS) is 18.0. The Bertz CT molecular complexity index is 3990. The first-order valence-electron chi connectivity index (χ1n) is 43.8. The smallest absolute Gasteiger partial charge is 0.663 e. The van der Waals surface area contributed by atoms with Gasteiger partial charge in [-0.1, -0.05) is 97.0 Å². The van der Waals surface area contributed by atoms with Crippen LogP contribution in [0, 0.1) is 23.2 Å². The van der Waals surface area contributed by atoms with Crippen molar-refractivity contribution in [2.24, 2.45) is 34.6 Å². The van der Waals surface area contributed by atoms with Gasteiger partial charge in [0, 0.05) is 138 Å². The minimum atomic E-state index is -1.52. The maximum atomic E-state index is 14.7. The number of nitrogens with two attached hydrogens (primary N) is 2. The van der Waals surface area contributed by atoms with Gasteiger partial charge in [0.15, 0.2) is 0 Å². The van der Waals surface area contributed by atoms with E-state index in [0.717, 1.165) is 45.8 Å². The molecule has 22 N–H and O–H groups in total. The molecule has 2 aromatic carbocycles. The summed E-state index contributed by atoms with van der Waals surface area (Å²) in [6.45, 7) is 23.5. The average Bonchev–Trinajstić information content (AvgIpc) is 1.68. The fraction of sp³-hybridized carbons (Fsp3) is 0.651. The Hall–Kier alpha value is -9.62. The minimum absolute atomic E-state index is 0. The molecule has 0 spiro atoms. The van der Waals surface area contributed by atoms with Gasteiger partial charge in [-0.05, 0) is 73.0 Å². The molecular formula is C86H138CuN22O18. The Balaban J connectivity index is 0.0000286. The van der Waals surface area contributed by atoms with E-state index in [-0.39, 0.29) is 163 Å². The number of para-hydroxylation sites is 1. The second-order valence-electron chi connectivity index (χ2n) is 33.7. The number of primary amides is 2. The molecule has 3 saturated heterocycles. The summed E-state index contributed by atoms with van der Waals surface area (Å²) in [6.07, 6.45) is 2.49. The third kappa shape index (κ3) is 42.5. The number of imidazole rings is 1. The van der Waals surface area contributed by atoms with E-state index in [4.69, 9.17) is 41.0 Å². The van der Waals surface area contributed by atoms with Gasteiger partial charge < -0.3 is 136 Å². The second-order valence-corrected chi connectivity index (χ2v) is 33.7. The number of aliphatic hydroxyl groups excluding tert-OH is 1. The molecule has 9 atom stereocenters. The predicted octanol–water partition coefficient (Wildman–Crippen LogP) is -2.08. The number of ether oxygens (including phenoxy) is 4. The fourth-order valence-electron chi connectivity index (χ4n) is 14.2. The molecule has 7 rings (SSSR count). The Kier molecular flexibility index (Phi) is 49.9. The van der Waals surface area contributed by atoms with Crippen molar-refractivity contribution in [3.8, 4) is 0 Å². The fourth-order valence-corrected chi connectivity index (χ4v) is 14.2. The second kappa shape index (κ2) is 58.8. The van der Waals surface area contributed by atoms with Crippen molar-refractivity contribution >= 4 is 87.7 Å². The first kappa shape index (κ1) is 108. The molecule has 3 aliphatic heterocycles. The van der Waals surface area contributed by atoms with E-state index in [2.05, 4.69) is 102 Å². The van der Waals surface area contributed by atoms with Crippen LogP contribution >= 0.6 is 0 Å². The number of aromatic amines is 2. The molecule has 1 radical (unpaired) electrons. The summed E-state index contributed by atoms with van der Waals surface area (Å²) in [4.78, 5) is 187. The zero-order valence-electron chi connectivity index (χ0n) is 74.6. The van der Waals surface area contributed by atoms with Crippen LogP contribution in [0.15, 0.2) is 73.3 Å². The zero-order valence-corrected chi connectivity index (χ0v) is 75.5. The third-order valence-corrected chi connectivity index (χ3v) is 21.0. The Morgan fingerprint density at radius 3 is 1.69 bits per heavy atom. The SMILES string of the molecule is CC(C)C[C@H](NC(=O)C[C@H](O)[C@H](CC(C)C)NC(=O)[C@H](Cc1cnc[nH]1)NC(=O)CNC(=O)[C@@H](NC(=O)[C@H](C)NC(=O)[C@H](Cc1c[nH]c2ccccc12)NC(=O)[C@H](CCC(N)=O)NC(=O)[C@@H](Cc1ccccc1)NC(=O)CCOCCOCCOCCOCCNC(=O)CCCC(=O)NC12C[N-]CC[N-]CC(C)(CNCCNC1)CNCCNC2)C(C)C)C(N)=O.[64Cu+2]. The number of nitrogens with one attached hydrogen (secondary N) is 17. The van der Waals surface area contributed by atoms with Crippen LogP contribution in [0.5, 0.6) is 0 Å². The minimum Gasteiger partial charge on any atom is -0.663 e. The predicted molar refractivity (Wildman–Crippen MR) is 472 cm³/mol. The molecule has 13 amide bonds. The van der Waals surface area contributed by atoms with Crippen molar-refractivity contribution < 1.29 is 103 Å². The number of rotatable bonds is 54. The van der Waals surface area contributed by atoms with E-state index in [1.807, 2.05) is 27.7 Å². The van der Waals surface area contributed by atoms with Gasteiger partial charge in [0.2, 0.25) is 76.8 Å². The summed E-state index contributed by atoms with van der Waals surface area (Å²) in [7, 11) is 0. The number of benzene rings is 2. The van der Waals surface area contributed by atoms with E-state index in [9.17, 15) is 67.4 Å². The van der Waals surface area contributed by atoms with Crippen LogP contribution in [0.4, 0.5) is 0 Å². The summed E-state index contributed by atoms with van der Waals surface area (Å²) in [6, 6.07) is 5.67. The largest absolute Gasteiger partial charge is 2.00 e. The summed E-state index contributed by atoms with van der Waals surface area (Å²) in [5.41, 5.74) is 12.8. The number of aromatic nitrogens is 3. The van der Waals surface area contributed by atoms with Crippen LogP contribution in [-0.4, -0.2) is 301 Å². The van der Waals surface area contributed by atoms with Gasteiger partial charge in [0.05, 0.1) is 84.3 Å². The summed E-state index contributed by atoms with van der Waals surface area (Å²) in [5.74, 6) is -9.66. The van der Waals surface area contributed by atoms with Crippen molar-refractivity contribution in [3.05, 3.63) is 101 Å². The number of H-pyrrole nitrogens is 2. The molecule has 5 heterocycles. The van der Waals surface area contributed by atoms with Gasteiger partial charge in [-0.25, -0.2) is 4.98 Å². The molecule has 3 fully saturated rings. The van der Waals surface area contributed by atoms with Crippen molar-refractivity contribution in [1.82, 2.24) is 94.7 Å². The molecule has 3 aliphatic rings. The molecule has 41 heteroatoms. The maximum absolute atomic E-state index is 14.7. The summed E-state index contributed by atoms with van der Waals surface area (Å²) < 4.78 is 22.6. The molecule has 0 aliphatic carbocycles. The first-order chi connectivity index (χ1) is 60.3. The van der Waals surface area contributed by atoms with Crippen molar-refractivity contribution in [3.63, 3.8) is 0 Å². The number of carbonyl (C=O) groups excluding carboxylic acids is 13. The number of hydrogen-bond donors (Lipinski definition) is 20. The van der Waals surface area contributed by atoms with Crippen LogP contribution in [-0.2, 0) is 118 Å². The zero-order chi connectivity index (χ0) is 91.8. The molecule has 4 aromatic rings. The van der Waals surface area contributed by atoms with Crippen LogP contribution in [0.2, 0.25) is 0 Å². The van der Waals surface area contributed by atoms with Gasteiger partial charge in [-0.15, -0.1) is 13.1 Å². The number of hydrogen-bond acceptors (Lipinski definition) is 23. The molecular weight excluding hydrogens is 1690 g/mol. The molecule has 127 heavy (non-hydrogen) atoms. The molecule has 2 aromatic heterocycles. The standard InChI is InChI=1S/C86H138N22O18.Cu/c1-55(2)39-65(70(109)44-75(114)101-66(78(88)116)40-56(3)4)105-83(121)69(43-61-46-95-54-99-61)103-76(115)47-98-84(122)77(57(5)6)107-79(117)58(7)100-81(119)68(42-60-45-97-63-18-13-12-17-62(60)63)106-80(118)64(21-22-71(87)110)104-82(120)67(41-59-15-10-9-11-16-59)102-73(112)23-31-123-33-35-125-37-38-126-36-34-124-32-30-96-72(111)19-14-20-74(113)108-86-51-92-27-24-89-48-85(8,49-90-25-28-93-52-86)50-91-26-29-94-53-86;/h9-13,15-18,45-46,54-58,64-70,77,89-90,92-93,97,109H,14,19-44,47-53H2,1-8H3,(H2,87,110)(H2,88,116)(H,95,99)(H,96,111)(H,98,122)(H,100,119)(H,101,114)(H,102,112)(H,103,115)(H,104,120)(H,105,121)(H,106,118)(H,107,117)(H,108,113);/q-2;+2/t58-,64-,65-,66-,67+,68-,69-,70-,77-,85?,86?;/m0./s1/i;1+0. The van der Waals surface area contributed by atoms with Gasteiger partial charge in [0.25, 0.3) is 0 Å². The van der Waals surface area contributed by atoms with E-state index < -0.39 is 150 Å². The molecule has 0 unspecified atom stereocenters. The number of nitrogens with zero attached hydrogens (tertiary/aromatic N) is 3. The van der Waals surface area contributed by atoms with Gasteiger partial charge in [-0.2, -0.15) is 13.1 Å². The monoisotopic (exact) mass is 1830 g/mol. The van der Waals surface area contributed by atoms with E-state index in [0.29, 0.717) is 66.9 Å². The van der Waals surface area contributed by atoms with Crippen LogP contribution in [0.3, 0.4) is 0 Å². The first-order valence-corrected chi connectivity index (χ1v) is 43.8. The van der Waals surface area contributed by atoms with Crippen LogP contribution < -0.4 is 91.2 Å². The molecule has 0 saturated carbocycles. The van der Waals surface area contributed by atoms with Gasteiger partial charge in [-0.3, -0.25) is 62.3 Å². The van der Waals surface area contributed by atoms with Gasteiger partial charge >= 0.3 is 17.1 Å². The topological polar surface area (TPSA) is 584 Å². The van der Waals surface area contributed by atoms with Crippen molar-refractivity contribution in [2.45, 2.75) is 192 Å². The summed E-state index contributed by atoms with van der Waals surface area (Å²) in [5, 5.41) is 65.8. The van der Waals surface area contributed by atoms with Gasteiger partial charge in [0.1, 0.15) is 42.3 Å². The molecule has 711 valence electrons. The van der Waals surface area contributed by atoms with E-state index in [1.54, 1.807) is 74.6 Å². The third-order valence-electron chi connectivity index (χ3n) is 21.0. The van der Waals surface area contributed by atoms with Crippen LogP contribution in [0.25, 0.3) is 21.5 Å². The maximum Gasteiger partial charge on any atom is 2.00 e.